The molecular weight excluding hydrogens is 418 g/mol. The number of methoxy groups -OCH3 is 1. The number of thiazole rings is 1. The van der Waals surface area contributed by atoms with Crippen LogP contribution in [0.2, 0.25) is 0 Å². The second-order valence-electron chi connectivity index (χ2n) is 6.42. The molecule has 0 bridgehead atoms. The third-order valence-corrected chi connectivity index (χ3v) is 6.20. The molecule has 0 saturated heterocycles. The van der Waals surface area contributed by atoms with Crippen LogP contribution in [0.1, 0.15) is 20.9 Å². The van der Waals surface area contributed by atoms with Crippen LogP contribution in [0, 0.1) is 6.92 Å². The van der Waals surface area contributed by atoms with Gasteiger partial charge in [-0.15, -0.1) is 11.3 Å². The zero-order chi connectivity index (χ0) is 20.9. The van der Waals surface area contributed by atoms with Crippen molar-refractivity contribution in [1.82, 2.24) is 9.97 Å². The van der Waals surface area contributed by atoms with E-state index < -0.39 is 0 Å². The molecule has 0 saturated carbocycles. The number of carbonyl (C=O) groups is 1. The molecule has 0 atom stereocenters. The highest BCUT2D eigenvalue weighted by Gasteiger charge is 2.17. The summed E-state index contributed by atoms with van der Waals surface area (Å²) in [5.41, 5.74) is 3.30. The fraction of sp³-hybridized carbons (Fsp3) is 0.136. The number of thiophene rings is 1. The molecule has 1 aromatic carbocycles. The molecule has 1 N–H and O–H groups in total. The van der Waals surface area contributed by atoms with Crippen LogP contribution in [-0.4, -0.2) is 23.0 Å². The first-order valence-corrected chi connectivity index (χ1v) is 10.9. The summed E-state index contributed by atoms with van der Waals surface area (Å²) in [6, 6.07) is 11.1. The molecule has 0 fully saturated rings. The van der Waals surface area contributed by atoms with Gasteiger partial charge < -0.3 is 14.8 Å². The largest absolute Gasteiger partial charge is 0.493 e. The maximum atomic E-state index is 12.8. The van der Waals surface area contributed by atoms with Crippen LogP contribution < -0.4 is 14.8 Å². The maximum absolute atomic E-state index is 12.8. The number of rotatable bonds is 7. The predicted octanol–water partition coefficient (Wildman–Crippen LogP) is 5.41. The summed E-state index contributed by atoms with van der Waals surface area (Å²) in [4.78, 5) is 22.1. The Kier molecular flexibility index (Phi) is 6.06. The van der Waals surface area contributed by atoms with E-state index in [0.29, 0.717) is 34.4 Å². The minimum Gasteiger partial charge on any atom is -0.493 e. The SMILES string of the molecule is COc1ccc(NC(=O)c2sc(-c3ccsc3)nc2C)cc1OCc1cccnc1. The quantitative estimate of drug-likeness (QED) is 0.418. The van der Waals surface area contributed by atoms with Crippen LogP contribution in [-0.2, 0) is 6.61 Å². The van der Waals surface area contributed by atoms with Crippen LogP contribution in [0.15, 0.2) is 59.6 Å². The summed E-state index contributed by atoms with van der Waals surface area (Å²) in [5.74, 6) is 0.930. The summed E-state index contributed by atoms with van der Waals surface area (Å²) in [6.45, 7) is 2.19. The fourth-order valence-electron chi connectivity index (χ4n) is 2.82. The maximum Gasteiger partial charge on any atom is 0.267 e. The molecule has 3 heterocycles. The second kappa shape index (κ2) is 9.06. The highest BCUT2D eigenvalue weighted by atomic mass is 32.1. The van der Waals surface area contributed by atoms with E-state index in [-0.39, 0.29) is 5.91 Å². The third-order valence-electron chi connectivity index (χ3n) is 4.31. The van der Waals surface area contributed by atoms with Crippen molar-refractivity contribution in [3.63, 3.8) is 0 Å². The van der Waals surface area contributed by atoms with E-state index in [9.17, 15) is 4.79 Å². The predicted molar refractivity (Wildman–Crippen MR) is 120 cm³/mol. The Hall–Kier alpha value is -3.23. The van der Waals surface area contributed by atoms with Gasteiger partial charge in [-0.3, -0.25) is 9.78 Å². The number of amides is 1. The molecule has 0 aliphatic rings. The Labute approximate surface area is 182 Å². The molecule has 0 unspecified atom stereocenters. The standard InChI is InChI=1S/C22H19N3O3S2/c1-14-20(30-22(24-14)16-7-9-29-13-16)21(26)25-17-5-6-18(27-2)19(10-17)28-12-15-4-3-8-23-11-15/h3-11,13H,12H2,1-2H3,(H,25,26). The first kappa shape index (κ1) is 20.1. The van der Waals surface area contributed by atoms with Crippen molar-refractivity contribution < 1.29 is 14.3 Å². The number of carbonyl (C=O) groups excluding carboxylic acids is 1. The summed E-state index contributed by atoms with van der Waals surface area (Å²) >= 11 is 2.99. The normalized spacial score (nSPS) is 10.6. The zero-order valence-corrected chi connectivity index (χ0v) is 18.0. The van der Waals surface area contributed by atoms with E-state index in [1.807, 2.05) is 35.9 Å². The number of nitrogens with zero attached hydrogens (tertiary/aromatic N) is 2. The first-order valence-electron chi connectivity index (χ1n) is 9.15. The van der Waals surface area contributed by atoms with Gasteiger partial charge in [0.25, 0.3) is 5.91 Å². The molecule has 152 valence electrons. The lowest BCUT2D eigenvalue weighted by atomic mass is 10.2. The number of aryl methyl sites for hydroxylation is 1. The Balaban J connectivity index is 1.51. The highest BCUT2D eigenvalue weighted by molar-refractivity contribution is 7.17. The van der Waals surface area contributed by atoms with Gasteiger partial charge in [0.1, 0.15) is 16.5 Å². The van der Waals surface area contributed by atoms with Gasteiger partial charge in [-0.1, -0.05) is 6.07 Å². The van der Waals surface area contributed by atoms with Crippen LogP contribution >= 0.6 is 22.7 Å². The van der Waals surface area contributed by atoms with Gasteiger partial charge >= 0.3 is 0 Å². The molecule has 30 heavy (non-hydrogen) atoms. The molecular formula is C22H19N3O3S2. The monoisotopic (exact) mass is 437 g/mol. The molecule has 1 amide bonds. The van der Waals surface area contributed by atoms with Crippen LogP contribution in [0.3, 0.4) is 0 Å². The van der Waals surface area contributed by atoms with Gasteiger partial charge in [-0.25, -0.2) is 4.98 Å². The second-order valence-corrected chi connectivity index (χ2v) is 8.19. The zero-order valence-electron chi connectivity index (χ0n) is 16.4. The van der Waals surface area contributed by atoms with Gasteiger partial charge in [0.05, 0.1) is 12.8 Å². The number of benzene rings is 1. The molecule has 0 aliphatic carbocycles. The van der Waals surface area contributed by atoms with Crippen LogP contribution in [0.25, 0.3) is 10.6 Å². The molecule has 0 radical (unpaired) electrons. The van der Waals surface area contributed by atoms with E-state index in [1.165, 1.54) is 11.3 Å². The number of ether oxygens (including phenoxy) is 2. The van der Waals surface area contributed by atoms with Crippen molar-refractivity contribution in [3.05, 3.63) is 75.7 Å². The number of anilines is 1. The van der Waals surface area contributed by atoms with Gasteiger partial charge in [0.15, 0.2) is 11.5 Å². The van der Waals surface area contributed by atoms with E-state index in [0.717, 1.165) is 16.1 Å². The highest BCUT2D eigenvalue weighted by Crippen LogP contribution is 2.33. The van der Waals surface area contributed by atoms with Gasteiger partial charge in [-0.2, -0.15) is 11.3 Å². The number of aromatic nitrogens is 2. The smallest absolute Gasteiger partial charge is 0.267 e. The lowest BCUT2D eigenvalue weighted by Gasteiger charge is -2.13. The summed E-state index contributed by atoms with van der Waals surface area (Å²) in [5, 5.41) is 7.79. The van der Waals surface area contributed by atoms with Crippen molar-refractivity contribution in [2.24, 2.45) is 0 Å². The van der Waals surface area contributed by atoms with E-state index in [4.69, 9.17) is 9.47 Å². The van der Waals surface area contributed by atoms with Gasteiger partial charge in [-0.05, 0) is 36.6 Å². The Bertz CT molecular complexity index is 1140. The molecule has 0 spiro atoms. The minimum absolute atomic E-state index is 0.199. The van der Waals surface area contributed by atoms with E-state index >= 15 is 0 Å². The number of hydrogen-bond acceptors (Lipinski definition) is 7. The van der Waals surface area contributed by atoms with Crippen molar-refractivity contribution in [1.29, 1.82) is 0 Å². The topological polar surface area (TPSA) is 73.3 Å². The summed E-state index contributed by atoms with van der Waals surface area (Å²) in [6.07, 6.45) is 3.46. The number of hydrogen-bond donors (Lipinski definition) is 1. The third kappa shape index (κ3) is 4.50. The van der Waals surface area contributed by atoms with Gasteiger partial charge in [0.2, 0.25) is 0 Å². The lowest BCUT2D eigenvalue weighted by Crippen LogP contribution is -2.11. The van der Waals surface area contributed by atoms with E-state index in [2.05, 4.69) is 15.3 Å². The molecule has 0 aliphatic heterocycles. The van der Waals surface area contributed by atoms with Crippen LogP contribution in [0.4, 0.5) is 5.69 Å². The Morgan fingerprint density at radius 3 is 2.83 bits per heavy atom. The Morgan fingerprint density at radius 2 is 2.10 bits per heavy atom. The van der Waals surface area contributed by atoms with Crippen molar-refractivity contribution in [2.45, 2.75) is 13.5 Å². The fourth-order valence-corrected chi connectivity index (χ4v) is 4.49. The first-order chi connectivity index (χ1) is 14.6. The summed E-state index contributed by atoms with van der Waals surface area (Å²) in [7, 11) is 1.58. The Morgan fingerprint density at radius 1 is 1.20 bits per heavy atom. The molecule has 6 nitrogen and oxygen atoms in total. The van der Waals surface area contributed by atoms with Crippen LogP contribution in [0.5, 0.6) is 11.5 Å². The lowest BCUT2D eigenvalue weighted by molar-refractivity contribution is 0.103. The van der Waals surface area contributed by atoms with Gasteiger partial charge in [0, 0.05) is 40.7 Å². The molecule has 8 heteroatoms. The van der Waals surface area contributed by atoms with Crippen molar-refractivity contribution in [2.75, 3.05) is 12.4 Å². The number of pyridine rings is 1. The summed E-state index contributed by atoms with van der Waals surface area (Å²) < 4.78 is 11.3. The van der Waals surface area contributed by atoms with Crippen molar-refractivity contribution in [3.8, 4) is 22.1 Å². The molecule has 4 rings (SSSR count). The van der Waals surface area contributed by atoms with E-state index in [1.54, 1.807) is 49.0 Å². The average Bonchev–Trinajstić information content (AvgIpc) is 3.43. The molecule has 3 aromatic heterocycles. The molecule has 4 aromatic rings. The van der Waals surface area contributed by atoms with Crippen molar-refractivity contribution >= 4 is 34.3 Å². The minimum atomic E-state index is -0.199. The number of nitrogens with one attached hydrogen (secondary N) is 1. The average molecular weight is 438 g/mol.